The highest BCUT2D eigenvalue weighted by atomic mass is 28.3. The molecule has 3 unspecified atom stereocenters. The van der Waals surface area contributed by atoms with Gasteiger partial charge in [-0.15, -0.1) is 0 Å². The molecule has 5 rings (SSSR count). The Kier molecular flexibility index (Phi) is 7.83. The van der Waals surface area contributed by atoms with Crippen molar-refractivity contribution in [3.8, 4) is 11.5 Å². The number of phenolic OH excluding ortho intramolecular Hbond substituents is 1. The van der Waals surface area contributed by atoms with Crippen LogP contribution in [0, 0.1) is 11.8 Å². The highest BCUT2D eigenvalue weighted by molar-refractivity contribution is 6.76. The topological polar surface area (TPSA) is 94.4 Å². The number of nitrogens with zero attached hydrogens (tertiary/aromatic N) is 1. The van der Waals surface area contributed by atoms with Gasteiger partial charge in [0.25, 0.3) is 0 Å². The first-order chi connectivity index (χ1) is 17.2. The van der Waals surface area contributed by atoms with Crippen LogP contribution in [0.25, 0.3) is 0 Å². The van der Waals surface area contributed by atoms with Crippen LogP contribution >= 0.6 is 0 Å². The molecule has 1 fully saturated rings. The van der Waals surface area contributed by atoms with Gasteiger partial charge in [-0.3, -0.25) is 9.59 Å². The Bertz CT molecular complexity index is 1130. The van der Waals surface area contributed by atoms with E-state index in [4.69, 9.17) is 14.3 Å². The fraction of sp³-hybridized carbons (Fsp3) is 0.464. The quantitative estimate of drug-likeness (QED) is 0.273. The standard InChI is InChI=1S/C28H35NO6Si/c1-5-13-33-28(32)26-24-21-16-18(30)11-12-20(21)22(25(26)27(31)34-14-15-36(2,3)4)17-23(24)29-35-19-9-7-6-8-10-19/h6-12,16,22,24-26,30H,5,13-15,17H2,1-4H3/b29-23+/t22?,24-,25?,26?/m1/s1. The van der Waals surface area contributed by atoms with Gasteiger partial charge in [0, 0.05) is 19.9 Å². The molecule has 36 heavy (non-hydrogen) atoms. The summed E-state index contributed by atoms with van der Waals surface area (Å²) in [5.41, 5.74) is 2.38. The predicted octanol–water partition coefficient (Wildman–Crippen LogP) is 5.48. The van der Waals surface area contributed by atoms with Crippen molar-refractivity contribution in [3.63, 3.8) is 0 Å². The molecule has 1 N–H and O–H groups in total. The summed E-state index contributed by atoms with van der Waals surface area (Å²) in [7, 11) is -1.40. The lowest BCUT2D eigenvalue weighted by Crippen LogP contribution is -2.51. The Morgan fingerprint density at radius 3 is 2.36 bits per heavy atom. The number of carbonyl (C=O) groups is 2. The SMILES string of the molecule is CCCOC(=O)C1C(C(=O)OCC[Si](C)(C)C)C2C/C(=N\Oc3ccccc3)[C@H]1c1cc(O)ccc12. The second-order valence-electron chi connectivity index (χ2n) is 10.8. The molecule has 4 atom stereocenters. The van der Waals surface area contributed by atoms with Gasteiger partial charge in [-0.25, -0.2) is 0 Å². The first kappa shape index (κ1) is 25.9. The van der Waals surface area contributed by atoms with E-state index in [1.165, 1.54) is 0 Å². The number of aromatic hydroxyl groups is 1. The van der Waals surface area contributed by atoms with E-state index in [0.717, 1.165) is 17.2 Å². The van der Waals surface area contributed by atoms with Crippen molar-refractivity contribution in [1.82, 2.24) is 0 Å². The molecule has 0 radical (unpaired) electrons. The Morgan fingerprint density at radius 1 is 0.972 bits per heavy atom. The lowest BCUT2D eigenvalue weighted by Gasteiger charge is -2.47. The van der Waals surface area contributed by atoms with E-state index < -0.39 is 31.8 Å². The summed E-state index contributed by atoms with van der Waals surface area (Å²) in [6, 6.07) is 15.2. The minimum Gasteiger partial charge on any atom is -0.508 e. The van der Waals surface area contributed by atoms with Crippen molar-refractivity contribution in [1.29, 1.82) is 0 Å². The number of ether oxygens (including phenoxy) is 2. The molecule has 3 aliphatic rings. The number of carbonyl (C=O) groups excluding carboxylic acids is 2. The van der Waals surface area contributed by atoms with E-state index in [9.17, 15) is 14.7 Å². The van der Waals surface area contributed by atoms with E-state index in [2.05, 4.69) is 24.8 Å². The maximum atomic E-state index is 13.5. The van der Waals surface area contributed by atoms with Crippen LogP contribution < -0.4 is 4.84 Å². The summed E-state index contributed by atoms with van der Waals surface area (Å²) < 4.78 is 11.3. The number of esters is 2. The Labute approximate surface area is 213 Å². The van der Waals surface area contributed by atoms with E-state index >= 15 is 0 Å². The third kappa shape index (κ3) is 5.64. The molecule has 0 amide bonds. The molecule has 1 saturated carbocycles. The molecular formula is C28H35NO6Si. The van der Waals surface area contributed by atoms with Crippen molar-refractivity contribution in [3.05, 3.63) is 59.7 Å². The van der Waals surface area contributed by atoms with Crippen molar-refractivity contribution < 1.29 is 29.0 Å². The molecule has 8 heteroatoms. The molecule has 2 aromatic rings. The Balaban J connectivity index is 1.72. The van der Waals surface area contributed by atoms with E-state index in [1.54, 1.807) is 24.3 Å². The van der Waals surface area contributed by atoms with Crippen molar-refractivity contribution in [2.24, 2.45) is 17.0 Å². The molecule has 192 valence electrons. The zero-order valence-corrected chi connectivity index (χ0v) is 22.4. The van der Waals surface area contributed by atoms with Crippen molar-refractivity contribution in [2.45, 2.75) is 57.3 Å². The monoisotopic (exact) mass is 509 g/mol. The first-order valence-electron chi connectivity index (χ1n) is 12.6. The minimum atomic E-state index is -1.40. The smallest absolute Gasteiger partial charge is 0.310 e. The highest BCUT2D eigenvalue weighted by Crippen LogP contribution is 2.55. The molecule has 0 aromatic heterocycles. The van der Waals surface area contributed by atoms with Crippen LogP contribution in [0.15, 0.2) is 53.7 Å². The molecule has 7 nitrogen and oxygen atoms in total. The number of oxime groups is 1. The number of rotatable bonds is 9. The van der Waals surface area contributed by atoms with Crippen molar-refractivity contribution >= 4 is 25.7 Å². The van der Waals surface area contributed by atoms with Gasteiger partial charge in [0.1, 0.15) is 5.75 Å². The Hall–Kier alpha value is -3.13. The van der Waals surface area contributed by atoms with Crippen LogP contribution in [0.2, 0.25) is 25.7 Å². The third-order valence-corrected chi connectivity index (χ3v) is 8.58. The van der Waals surface area contributed by atoms with Crippen LogP contribution in [-0.4, -0.2) is 44.0 Å². The first-order valence-corrected chi connectivity index (χ1v) is 16.3. The summed E-state index contributed by atoms with van der Waals surface area (Å²) in [6.07, 6.45) is 1.13. The van der Waals surface area contributed by atoms with E-state index in [-0.39, 0.29) is 24.2 Å². The normalized spacial score (nSPS) is 23.7. The van der Waals surface area contributed by atoms with Gasteiger partial charge < -0.3 is 19.4 Å². The van der Waals surface area contributed by atoms with Gasteiger partial charge in [-0.05, 0) is 54.3 Å². The van der Waals surface area contributed by atoms with Gasteiger partial charge in [-0.2, -0.15) is 0 Å². The molecule has 0 spiro atoms. The second-order valence-corrected chi connectivity index (χ2v) is 16.4. The summed E-state index contributed by atoms with van der Waals surface area (Å²) in [5, 5.41) is 14.7. The average molecular weight is 510 g/mol. The van der Waals surface area contributed by atoms with Crippen LogP contribution in [-0.2, 0) is 19.1 Å². The van der Waals surface area contributed by atoms with Crippen LogP contribution in [0.1, 0.15) is 42.7 Å². The molecular weight excluding hydrogens is 474 g/mol. The van der Waals surface area contributed by atoms with Crippen LogP contribution in [0.3, 0.4) is 0 Å². The summed E-state index contributed by atoms with van der Waals surface area (Å²) in [5.74, 6) is -2.52. The van der Waals surface area contributed by atoms with Gasteiger partial charge >= 0.3 is 11.9 Å². The molecule has 0 aliphatic heterocycles. The highest BCUT2D eigenvalue weighted by Gasteiger charge is 2.57. The fourth-order valence-corrected chi connectivity index (χ4v) is 5.84. The molecule has 0 saturated heterocycles. The summed E-state index contributed by atoms with van der Waals surface area (Å²) in [4.78, 5) is 32.6. The van der Waals surface area contributed by atoms with E-state index in [0.29, 0.717) is 30.9 Å². The molecule has 2 bridgehead atoms. The molecule has 3 aliphatic carbocycles. The largest absolute Gasteiger partial charge is 0.508 e. The van der Waals surface area contributed by atoms with Gasteiger partial charge in [-0.1, -0.05) is 56.0 Å². The van der Waals surface area contributed by atoms with Crippen LogP contribution in [0.5, 0.6) is 11.5 Å². The number of hydrogen-bond acceptors (Lipinski definition) is 7. The van der Waals surface area contributed by atoms with Gasteiger partial charge in [0.05, 0.1) is 30.8 Å². The zero-order chi connectivity index (χ0) is 25.9. The maximum Gasteiger partial charge on any atom is 0.310 e. The minimum absolute atomic E-state index is 0.0968. The predicted molar refractivity (Wildman–Crippen MR) is 140 cm³/mol. The summed E-state index contributed by atoms with van der Waals surface area (Å²) >= 11 is 0. The lowest BCUT2D eigenvalue weighted by atomic mass is 9.55. The fourth-order valence-electron chi connectivity index (χ4n) is 5.12. The average Bonchev–Trinajstić information content (AvgIpc) is 2.85. The second kappa shape index (κ2) is 10.9. The molecule has 0 heterocycles. The summed E-state index contributed by atoms with van der Waals surface area (Å²) in [6.45, 7) is 9.23. The maximum absolute atomic E-state index is 13.5. The van der Waals surface area contributed by atoms with Crippen molar-refractivity contribution in [2.75, 3.05) is 13.2 Å². The number of benzene rings is 2. The van der Waals surface area contributed by atoms with Gasteiger partial charge in [0.15, 0.2) is 5.75 Å². The van der Waals surface area contributed by atoms with E-state index in [1.807, 2.05) is 31.2 Å². The van der Waals surface area contributed by atoms with Gasteiger partial charge in [0.2, 0.25) is 0 Å². The van der Waals surface area contributed by atoms with Crippen LogP contribution in [0.4, 0.5) is 0 Å². The number of fused-ring (bicyclic) bond motifs is 2. The Morgan fingerprint density at radius 2 is 1.67 bits per heavy atom. The molecule has 2 aromatic carbocycles. The lowest BCUT2D eigenvalue weighted by molar-refractivity contribution is -0.163. The number of hydrogen-bond donors (Lipinski definition) is 1. The third-order valence-electron chi connectivity index (χ3n) is 6.87. The number of phenols is 1. The zero-order valence-electron chi connectivity index (χ0n) is 21.4. The number of para-hydroxylation sites is 1.